The highest BCUT2D eigenvalue weighted by atomic mass is 16.5. The first-order valence-electron chi connectivity index (χ1n) is 6.62. The maximum atomic E-state index is 12.3. The Hall–Kier alpha value is -2.53. The van der Waals surface area contributed by atoms with E-state index in [-0.39, 0.29) is 6.03 Å². The third-order valence-electron chi connectivity index (χ3n) is 3.22. The zero-order valence-electron chi connectivity index (χ0n) is 12.2. The van der Waals surface area contributed by atoms with Gasteiger partial charge in [0.25, 0.3) is 0 Å². The Morgan fingerprint density at radius 1 is 1.19 bits per heavy atom. The average Bonchev–Trinajstić information content (AvgIpc) is 2.54. The molecule has 110 valence electrons. The zero-order chi connectivity index (χ0) is 15.2. The van der Waals surface area contributed by atoms with Gasteiger partial charge in [0.15, 0.2) is 0 Å². The minimum absolute atomic E-state index is 0.221. The van der Waals surface area contributed by atoms with Gasteiger partial charge in [-0.3, -0.25) is 4.90 Å². The van der Waals surface area contributed by atoms with E-state index in [0.717, 1.165) is 17.0 Å². The van der Waals surface area contributed by atoms with E-state index in [1.807, 2.05) is 24.3 Å². The smallest absolute Gasteiger partial charge is 0.326 e. The van der Waals surface area contributed by atoms with E-state index in [0.29, 0.717) is 12.2 Å². The van der Waals surface area contributed by atoms with Crippen LogP contribution in [0.5, 0.6) is 5.75 Å². The molecule has 0 aliphatic rings. The fourth-order valence-electron chi connectivity index (χ4n) is 2.00. The minimum atomic E-state index is -0.221. The van der Waals surface area contributed by atoms with Crippen LogP contribution in [-0.4, -0.2) is 20.2 Å². The van der Waals surface area contributed by atoms with Crippen LogP contribution in [0.3, 0.4) is 0 Å². The molecule has 0 heterocycles. The van der Waals surface area contributed by atoms with Gasteiger partial charge in [-0.1, -0.05) is 18.2 Å². The number of carbonyl (C=O) groups excluding carboxylic acids is 1. The molecular weight excluding hydrogens is 266 g/mol. The van der Waals surface area contributed by atoms with Crippen LogP contribution in [0.4, 0.5) is 16.2 Å². The van der Waals surface area contributed by atoms with Crippen molar-refractivity contribution >= 4 is 17.4 Å². The number of urea groups is 1. The van der Waals surface area contributed by atoms with Crippen LogP contribution in [0.1, 0.15) is 5.56 Å². The van der Waals surface area contributed by atoms with Crippen molar-refractivity contribution in [2.24, 2.45) is 5.73 Å². The molecule has 2 rings (SSSR count). The topological polar surface area (TPSA) is 67.6 Å². The van der Waals surface area contributed by atoms with E-state index in [9.17, 15) is 4.79 Å². The molecule has 2 aromatic rings. The van der Waals surface area contributed by atoms with Crippen LogP contribution >= 0.6 is 0 Å². The molecule has 3 N–H and O–H groups in total. The van der Waals surface area contributed by atoms with E-state index in [4.69, 9.17) is 10.5 Å². The van der Waals surface area contributed by atoms with Crippen molar-refractivity contribution < 1.29 is 9.53 Å². The number of anilines is 2. The second-order valence-electron chi connectivity index (χ2n) is 4.55. The number of nitrogens with two attached hydrogens (primary N) is 1. The van der Waals surface area contributed by atoms with E-state index in [1.54, 1.807) is 43.3 Å². The molecule has 0 saturated heterocycles. The fourth-order valence-corrected chi connectivity index (χ4v) is 2.00. The van der Waals surface area contributed by atoms with Gasteiger partial charge in [0.05, 0.1) is 7.11 Å². The number of nitrogens with zero attached hydrogens (tertiary/aromatic N) is 1. The van der Waals surface area contributed by atoms with Crippen molar-refractivity contribution in [3.05, 3.63) is 54.1 Å². The lowest BCUT2D eigenvalue weighted by Gasteiger charge is -2.20. The second-order valence-corrected chi connectivity index (χ2v) is 4.55. The average molecular weight is 285 g/mol. The quantitative estimate of drug-likeness (QED) is 0.907. The lowest BCUT2D eigenvalue weighted by atomic mass is 10.1. The molecular formula is C16H19N3O2. The molecule has 0 atom stereocenters. The molecule has 5 heteroatoms. The van der Waals surface area contributed by atoms with Gasteiger partial charge in [-0.25, -0.2) is 4.79 Å². The third-order valence-corrected chi connectivity index (χ3v) is 3.22. The predicted octanol–water partition coefficient (Wildman–Crippen LogP) is 2.82. The largest absolute Gasteiger partial charge is 0.497 e. The van der Waals surface area contributed by atoms with Crippen molar-refractivity contribution in [2.45, 2.75) is 6.54 Å². The molecule has 21 heavy (non-hydrogen) atoms. The second kappa shape index (κ2) is 6.76. The SMILES string of the molecule is COc1ccc(NC(=O)N(C)c2ccccc2CN)cc1. The van der Waals surface area contributed by atoms with Crippen molar-refractivity contribution in [1.82, 2.24) is 0 Å². The molecule has 0 radical (unpaired) electrons. The molecule has 0 aromatic heterocycles. The number of ether oxygens (including phenoxy) is 1. The number of methoxy groups -OCH3 is 1. The lowest BCUT2D eigenvalue weighted by molar-refractivity contribution is 0.258. The summed E-state index contributed by atoms with van der Waals surface area (Å²) in [6.45, 7) is 0.385. The summed E-state index contributed by atoms with van der Waals surface area (Å²) in [7, 11) is 3.32. The monoisotopic (exact) mass is 285 g/mol. The fraction of sp³-hybridized carbons (Fsp3) is 0.188. The first-order valence-corrected chi connectivity index (χ1v) is 6.62. The van der Waals surface area contributed by atoms with E-state index < -0.39 is 0 Å². The summed E-state index contributed by atoms with van der Waals surface area (Å²) in [5, 5.41) is 2.83. The van der Waals surface area contributed by atoms with E-state index in [2.05, 4.69) is 5.32 Å². The molecule has 5 nitrogen and oxygen atoms in total. The highest BCUT2D eigenvalue weighted by molar-refractivity contribution is 6.01. The first-order chi connectivity index (χ1) is 10.2. The summed E-state index contributed by atoms with van der Waals surface area (Å²) in [6.07, 6.45) is 0. The molecule has 2 aromatic carbocycles. The van der Waals surface area contributed by atoms with E-state index >= 15 is 0 Å². The number of rotatable bonds is 4. The van der Waals surface area contributed by atoms with Crippen molar-refractivity contribution in [1.29, 1.82) is 0 Å². The van der Waals surface area contributed by atoms with Gasteiger partial charge in [-0.05, 0) is 35.9 Å². The number of benzene rings is 2. The van der Waals surface area contributed by atoms with Gasteiger partial charge in [0, 0.05) is 25.0 Å². The molecule has 0 aliphatic carbocycles. The van der Waals surface area contributed by atoms with Crippen LogP contribution in [0.2, 0.25) is 0 Å². The van der Waals surface area contributed by atoms with Gasteiger partial charge in [0.1, 0.15) is 5.75 Å². The maximum absolute atomic E-state index is 12.3. The third kappa shape index (κ3) is 3.52. The predicted molar refractivity (Wildman–Crippen MR) is 84.7 cm³/mol. The highest BCUT2D eigenvalue weighted by Crippen LogP contribution is 2.20. The number of amides is 2. The van der Waals surface area contributed by atoms with Crippen LogP contribution in [-0.2, 0) is 6.54 Å². The van der Waals surface area contributed by atoms with Crippen molar-refractivity contribution in [3.63, 3.8) is 0 Å². The normalized spacial score (nSPS) is 10.0. The zero-order valence-corrected chi connectivity index (χ0v) is 12.2. The number of hydrogen-bond acceptors (Lipinski definition) is 3. The number of hydrogen-bond donors (Lipinski definition) is 2. The van der Waals surface area contributed by atoms with E-state index in [1.165, 1.54) is 0 Å². The Morgan fingerprint density at radius 3 is 2.48 bits per heavy atom. The standard InChI is InChI=1S/C16H19N3O2/c1-19(15-6-4-3-5-12(15)11-17)16(20)18-13-7-9-14(21-2)10-8-13/h3-10H,11,17H2,1-2H3,(H,18,20). The number of carbonyl (C=O) groups is 1. The molecule has 0 unspecified atom stereocenters. The Morgan fingerprint density at radius 2 is 1.86 bits per heavy atom. The summed E-state index contributed by atoms with van der Waals surface area (Å²) in [5.41, 5.74) is 8.13. The van der Waals surface area contributed by atoms with Crippen molar-refractivity contribution in [2.75, 3.05) is 24.4 Å². The van der Waals surface area contributed by atoms with Gasteiger partial charge >= 0.3 is 6.03 Å². The Labute approximate surface area is 124 Å². The summed E-state index contributed by atoms with van der Waals surface area (Å²) in [4.78, 5) is 13.8. The highest BCUT2D eigenvalue weighted by Gasteiger charge is 2.13. The summed E-state index contributed by atoms with van der Waals surface area (Å²) in [5.74, 6) is 0.745. The Balaban J connectivity index is 2.11. The Bertz CT molecular complexity index is 611. The van der Waals surface area contributed by atoms with Crippen molar-refractivity contribution in [3.8, 4) is 5.75 Å². The lowest BCUT2D eigenvalue weighted by Crippen LogP contribution is -2.32. The summed E-state index contributed by atoms with van der Waals surface area (Å²) < 4.78 is 5.08. The van der Waals surface area contributed by atoms with Gasteiger partial charge < -0.3 is 15.8 Å². The van der Waals surface area contributed by atoms with Gasteiger partial charge in [-0.2, -0.15) is 0 Å². The molecule has 0 bridgehead atoms. The first kappa shape index (κ1) is 14.9. The van der Waals surface area contributed by atoms with Gasteiger partial charge in [-0.15, -0.1) is 0 Å². The van der Waals surface area contributed by atoms with Crippen LogP contribution in [0.15, 0.2) is 48.5 Å². The van der Waals surface area contributed by atoms with Crippen LogP contribution in [0, 0.1) is 0 Å². The summed E-state index contributed by atoms with van der Waals surface area (Å²) in [6, 6.07) is 14.5. The molecule has 0 saturated carbocycles. The van der Waals surface area contributed by atoms with Crippen LogP contribution < -0.4 is 20.7 Å². The Kier molecular flexibility index (Phi) is 4.79. The minimum Gasteiger partial charge on any atom is -0.497 e. The molecule has 0 spiro atoms. The van der Waals surface area contributed by atoms with Gasteiger partial charge in [0.2, 0.25) is 0 Å². The molecule has 2 amide bonds. The number of nitrogens with one attached hydrogen (secondary N) is 1. The summed E-state index contributed by atoms with van der Waals surface area (Å²) >= 11 is 0. The maximum Gasteiger partial charge on any atom is 0.326 e. The molecule has 0 fully saturated rings. The van der Waals surface area contributed by atoms with Crippen LogP contribution in [0.25, 0.3) is 0 Å². The molecule has 0 aliphatic heterocycles. The number of para-hydroxylation sites is 1.